The lowest BCUT2D eigenvalue weighted by Gasteiger charge is -2.26. The van der Waals surface area contributed by atoms with Gasteiger partial charge in [-0.25, -0.2) is 4.99 Å². The fourth-order valence-corrected chi connectivity index (χ4v) is 2.92. The van der Waals surface area contributed by atoms with Crippen molar-refractivity contribution in [1.82, 2.24) is 15.1 Å². The second-order valence-corrected chi connectivity index (χ2v) is 7.11. The zero-order valence-electron chi connectivity index (χ0n) is 19.0. The molecule has 31 heavy (non-hydrogen) atoms. The molecule has 1 aromatic carbocycles. The van der Waals surface area contributed by atoms with E-state index in [0.29, 0.717) is 24.1 Å². The first-order valence-electron chi connectivity index (χ1n) is 10.4. The predicted molar refractivity (Wildman–Crippen MR) is 134 cm³/mol. The molecule has 1 aromatic rings. The highest BCUT2D eigenvalue weighted by Gasteiger charge is 2.11. The summed E-state index contributed by atoms with van der Waals surface area (Å²) in [5, 5.41) is 6.58. The van der Waals surface area contributed by atoms with Gasteiger partial charge in [0, 0.05) is 45.5 Å². The number of likely N-dealkylation sites (N-methyl/N-ethyl adjacent to an activating group) is 1. The first-order valence-corrected chi connectivity index (χ1v) is 10.4. The van der Waals surface area contributed by atoms with Crippen LogP contribution in [0.3, 0.4) is 0 Å². The fourth-order valence-electron chi connectivity index (χ4n) is 2.92. The summed E-state index contributed by atoms with van der Waals surface area (Å²) in [5.41, 5.74) is 0.802. The third-order valence-corrected chi connectivity index (χ3v) is 4.64. The summed E-state index contributed by atoms with van der Waals surface area (Å²) >= 11 is 0. The van der Waals surface area contributed by atoms with Gasteiger partial charge in [-0.15, -0.1) is 24.0 Å². The molecule has 9 nitrogen and oxygen atoms in total. The molecule has 0 radical (unpaired) electrons. The van der Waals surface area contributed by atoms with Gasteiger partial charge in [0.2, 0.25) is 5.91 Å². The maximum absolute atomic E-state index is 12.0. The van der Waals surface area contributed by atoms with Crippen molar-refractivity contribution in [2.24, 2.45) is 4.99 Å². The summed E-state index contributed by atoms with van der Waals surface area (Å²) < 4.78 is 16.4. The molecule has 2 N–H and O–H groups in total. The molecule has 0 spiro atoms. The molecule has 2 rings (SSSR count). The Bertz CT molecular complexity index is 696. The molecule has 1 saturated heterocycles. The van der Waals surface area contributed by atoms with Gasteiger partial charge in [-0.2, -0.15) is 0 Å². The lowest BCUT2D eigenvalue weighted by Crippen LogP contribution is -2.39. The smallest absolute Gasteiger partial charge is 0.243 e. The van der Waals surface area contributed by atoms with Gasteiger partial charge < -0.3 is 29.7 Å². The molecule has 0 bridgehead atoms. The summed E-state index contributed by atoms with van der Waals surface area (Å²) in [4.78, 5) is 20.3. The molecule has 1 aliphatic heterocycles. The van der Waals surface area contributed by atoms with E-state index in [2.05, 4.69) is 20.5 Å². The molecule has 1 aliphatic rings. The van der Waals surface area contributed by atoms with E-state index in [4.69, 9.17) is 14.2 Å². The number of benzene rings is 1. The van der Waals surface area contributed by atoms with E-state index >= 15 is 0 Å². The van der Waals surface area contributed by atoms with Crippen LogP contribution in [0.1, 0.15) is 13.3 Å². The van der Waals surface area contributed by atoms with Gasteiger partial charge in [0.1, 0.15) is 6.54 Å². The summed E-state index contributed by atoms with van der Waals surface area (Å²) in [6.45, 7) is 7.83. The number of hydrogen-bond donors (Lipinski definition) is 2. The van der Waals surface area contributed by atoms with E-state index in [1.54, 1.807) is 21.2 Å². The van der Waals surface area contributed by atoms with Crippen LogP contribution >= 0.6 is 24.0 Å². The molecule has 1 heterocycles. The number of nitrogens with zero attached hydrogens (tertiary/aromatic N) is 3. The number of carbonyl (C=O) groups is 1. The molecule has 0 saturated carbocycles. The summed E-state index contributed by atoms with van der Waals surface area (Å²) in [5.74, 6) is 1.82. The topological polar surface area (TPSA) is 87.7 Å². The van der Waals surface area contributed by atoms with E-state index in [0.717, 1.165) is 51.5 Å². The highest BCUT2D eigenvalue weighted by atomic mass is 127. The van der Waals surface area contributed by atoms with Gasteiger partial charge in [-0.3, -0.25) is 9.69 Å². The molecule has 10 heteroatoms. The number of ether oxygens (including phenoxy) is 3. The lowest BCUT2D eigenvalue weighted by molar-refractivity contribution is -0.127. The lowest BCUT2D eigenvalue weighted by atomic mass is 10.2. The van der Waals surface area contributed by atoms with Crippen molar-refractivity contribution in [1.29, 1.82) is 0 Å². The van der Waals surface area contributed by atoms with Crippen LogP contribution in [0.5, 0.6) is 11.5 Å². The van der Waals surface area contributed by atoms with Gasteiger partial charge >= 0.3 is 0 Å². The quantitative estimate of drug-likeness (QED) is 0.200. The number of hydrogen-bond acceptors (Lipinski definition) is 6. The van der Waals surface area contributed by atoms with Gasteiger partial charge in [0.15, 0.2) is 17.5 Å². The van der Waals surface area contributed by atoms with Gasteiger partial charge in [0.05, 0.1) is 26.9 Å². The number of carbonyl (C=O) groups excluding carboxylic acids is 1. The van der Waals surface area contributed by atoms with Crippen molar-refractivity contribution < 1.29 is 19.0 Å². The Morgan fingerprint density at radius 1 is 1.26 bits per heavy atom. The van der Waals surface area contributed by atoms with E-state index in [-0.39, 0.29) is 36.4 Å². The Hall–Kier alpha value is -1.79. The fraction of sp³-hybridized carbons (Fsp3) is 0.619. The first-order chi connectivity index (χ1) is 14.5. The van der Waals surface area contributed by atoms with E-state index in [9.17, 15) is 4.79 Å². The number of anilines is 1. The zero-order valence-corrected chi connectivity index (χ0v) is 21.3. The van der Waals surface area contributed by atoms with Crippen LogP contribution in [-0.4, -0.2) is 95.4 Å². The predicted octanol–water partition coefficient (Wildman–Crippen LogP) is 1.88. The highest BCUT2D eigenvalue weighted by molar-refractivity contribution is 14.0. The average Bonchev–Trinajstić information content (AvgIpc) is 2.75. The number of halogens is 1. The van der Waals surface area contributed by atoms with E-state index < -0.39 is 0 Å². The summed E-state index contributed by atoms with van der Waals surface area (Å²) in [6.07, 6.45) is 0.967. The minimum Gasteiger partial charge on any atom is -0.493 e. The van der Waals surface area contributed by atoms with Crippen molar-refractivity contribution in [3.8, 4) is 11.5 Å². The molecule has 0 unspecified atom stereocenters. The number of amides is 1. The van der Waals surface area contributed by atoms with Crippen LogP contribution in [0, 0.1) is 0 Å². The van der Waals surface area contributed by atoms with Crippen LogP contribution in [0.2, 0.25) is 0 Å². The monoisotopic (exact) mass is 549 g/mol. The second kappa shape index (κ2) is 15.1. The first kappa shape index (κ1) is 27.2. The summed E-state index contributed by atoms with van der Waals surface area (Å²) in [7, 11) is 5.05. The maximum Gasteiger partial charge on any atom is 0.243 e. The molecular weight excluding hydrogens is 513 g/mol. The SMILES string of the molecule is CCOc1cc(NC(=NCC(=O)N(C)C)NCCCN2CCOCC2)ccc1OC.I. The van der Waals surface area contributed by atoms with Crippen molar-refractivity contribution in [2.45, 2.75) is 13.3 Å². The van der Waals surface area contributed by atoms with Crippen LogP contribution in [0.15, 0.2) is 23.2 Å². The largest absolute Gasteiger partial charge is 0.493 e. The minimum atomic E-state index is -0.0610. The Kier molecular flexibility index (Phi) is 13.3. The number of methoxy groups -OCH3 is 1. The third kappa shape index (κ3) is 9.92. The number of morpholine rings is 1. The molecule has 0 aromatic heterocycles. The number of aliphatic imine (C=N–C) groups is 1. The van der Waals surface area contributed by atoms with Crippen LogP contribution in [0.4, 0.5) is 5.69 Å². The summed E-state index contributed by atoms with van der Waals surface area (Å²) in [6, 6.07) is 5.59. The molecule has 0 aliphatic carbocycles. The van der Waals surface area contributed by atoms with Gasteiger partial charge in [0.25, 0.3) is 0 Å². The molecule has 1 amide bonds. The Morgan fingerprint density at radius 3 is 2.65 bits per heavy atom. The number of rotatable bonds is 10. The van der Waals surface area contributed by atoms with Crippen molar-refractivity contribution in [2.75, 3.05) is 79.1 Å². The minimum absolute atomic E-state index is 0. The average molecular weight is 549 g/mol. The third-order valence-electron chi connectivity index (χ3n) is 4.64. The molecular formula is C21H36IN5O4. The van der Waals surface area contributed by atoms with Crippen molar-refractivity contribution in [3.05, 3.63) is 18.2 Å². The van der Waals surface area contributed by atoms with Gasteiger partial charge in [-0.1, -0.05) is 0 Å². The normalized spacial score (nSPS) is 14.4. The highest BCUT2D eigenvalue weighted by Crippen LogP contribution is 2.30. The second-order valence-electron chi connectivity index (χ2n) is 7.11. The molecule has 1 fully saturated rings. The Labute approximate surface area is 202 Å². The number of guanidine groups is 1. The standard InChI is InChI=1S/C21H35N5O4.HI/c1-5-30-19-15-17(7-8-18(19)28-4)24-21(23-16-20(27)25(2)3)22-9-6-10-26-11-13-29-14-12-26;/h7-8,15H,5-6,9-14,16H2,1-4H3,(H2,22,23,24);1H. The van der Waals surface area contributed by atoms with Crippen LogP contribution in [-0.2, 0) is 9.53 Å². The Balaban J connectivity index is 0.00000480. The van der Waals surface area contributed by atoms with Gasteiger partial charge in [-0.05, 0) is 32.0 Å². The number of nitrogens with one attached hydrogen (secondary N) is 2. The van der Waals surface area contributed by atoms with E-state index in [1.807, 2.05) is 25.1 Å². The molecule has 176 valence electrons. The Morgan fingerprint density at radius 2 is 2.00 bits per heavy atom. The van der Waals surface area contributed by atoms with Crippen LogP contribution < -0.4 is 20.1 Å². The zero-order chi connectivity index (χ0) is 21.8. The van der Waals surface area contributed by atoms with E-state index in [1.165, 1.54) is 4.90 Å². The molecule has 0 atom stereocenters. The van der Waals surface area contributed by atoms with Crippen molar-refractivity contribution in [3.63, 3.8) is 0 Å². The van der Waals surface area contributed by atoms with Crippen LogP contribution in [0.25, 0.3) is 0 Å². The van der Waals surface area contributed by atoms with Crippen molar-refractivity contribution >= 4 is 41.5 Å². The maximum atomic E-state index is 12.0.